The summed E-state index contributed by atoms with van der Waals surface area (Å²) in [5, 5.41) is 13.1. The maximum Gasteiger partial charge on any atom is 0.354 e. The second-order valence-electron chi connectivity index (χ2n) is 3.71. The van der Waals surface area contributed by atoms with Gasteiger partial charge in [0.2, 0.25) is 0 Å². The minimum absolute atomic E-state index is 0.191. The monoisotopic (exact) mass is 216 g/mol. The lowest BCUT2D eigenvalue weighted by Crippen LogP contribution is -2.04. The first kappa shape index (κ1) is 10.4. The minimum atomic E-state index is -0.964. The molecule has 4 heteroatoms. The zero-order valence-corrected chi connectivity index (χ0v) is 9.14. The Morgan fingerprint density at radius 2 is 2.12 bits per heavy atom. The second-order valence-corrected chi connectivity index (χ2v) is 3.71. The number of carbonyl (C=O) groups is 1. The Balaban J connectivity index is 2.49. The van der Waals surface area contributed by atoms with Crippen molar-refractivity contribution >= 4 is 5.97 Å². The van der Waals surface area contributed by atoms with Crippen LogP contribution in [0.25, 0.3) is 11.3 Å². The van der Waals surface area contributed by atoms with Crippen LogP contribution in [0.2, 0.25) is 0 Å². The van der Waals surface area contributed by atoms with Crippen LogP contribution in [0.5, 0.6) is 0 Å². The maximum absolute atomic E-state index is 10.9. The van der Waals surface area contributed by atoms with Crippen LogP contribution in [0.1, 0.15) is 16.1 Å². The topological polar surface area (TPSA) is 55.1 Å². The SMILES string of the molecule is Cc1cccc(-c2cc(C(=O)O)n(C)n2)c1. The summed E-state index contributed by atoms with van der Waals surface area (Å²) in [5.41, 5.74) is 2.93. The van der Waals surface area contributed by atoms with Crippen molar-refractivity contribution in [2.75, 3.05) is 0 Å². The molecule has 1 aromatic carbocycles. The van der Waals surface area contributed by atoms with Crippen LogP contribution in [0.3, 0.4) is 0 Å². The molecular weight excluding hydrogens is 204 g/mol. The molecule has 2 aromatic rings. The van der Waals surface area contributed by atoms with E-state index in [0.717, 1.165) is 11.1 Å². The van der Waals surface area contributed by atoms with Crippen molar-refractivity contribution in [3.8, 4) is 11.3 Å². The van der Waals surface area contributed by atoms with Crippen LogP contribution < -0.4 is 0 Å². The third kappa shape index (κ3) is 1.82. The Hall–Kier alpha value is -2.10. The van der Waals surface area contributed by atoms with Crippen molar-refractivity contribution in [1.29, 1.82) is 0 Å². The van der Waals surface area contributed by atoms with E-state index in [0.29, 0.717) is 5.69 Å². The number of carboxylic acids is 1. The van der Waals surface area contributed by atoms with Gasteiger partial charge in [-0.15, -0.1) is 0 Å². The minimum Gasteiger partial charge on any atom is -0.477 e. The van der Waals surface area contributed by atoms with Gasteiger partial charge in [0, 0.05) is 12.6 Å². The van der Waals surface area contributed by atoms with Crippen molar-refractivity contribution in [3.63, 3.8) is 0 Å². The third-order valence-electron chi connectivity index (χ3n) is 2.41. The smallest absolute Gasteiger partial charge is 0.354 e. The fraction of sp³-hybridized carbons (Fsp3) is 0.167. The van der Waals surface area contributed by atoms with E-state index in [1.54, 1.807) is 13.1 Å². The predicted molar refractivity (Wildman–Crippen MR) is 60.3 cm³/mol. The van der Waals surface area contributed by atoms with Gasteiger partial charge in [0.05, 0.1) is 5.69 Å². The van der Waals surface area contributed by atoms with E-state index < -0.39 is 5.97 Å². The third-order valence-corrected chi connectivity index (χ3v) is 2.41. The molecule has 0 saturated heterocycles. The molecule has 0 bridgehead atoms. The number of aromatic nitrogens is 2. The molecule has 0 aliphatic rings. The Morgan fingerprint density at radius 3 is 2.69 bits per heavy atom. The lowest BCUT2D eigenvalue weighted by Gasteiger charge is -1.97. The van der Waals surface area contributed by atoms with Gasteiger partial charge in [-0.25, -0.2) is 4.79 Å². The highest BCUT2D eigenvalue weighted by Gasteiger charge is 2.12. The van der Waals surface area contributed by atoms with Gasteiger partial charge in [0.25, 0.3) is 0 Å². The fourth-order valence-corrected chi connectivity index (χ4v) is 1.61. The van der Waals surface area contributed by atoms with Gasteiger partial charge in [-0.1, -0.05) is 23.8 Å². The van der Waals surface area contributed by atoms with E-state index in [2.05, 4.69) is 5.10 Å². The van der Waals surface area contributed by atoms with Crippen LogP contribution in [0.15, 0.2) is 30.3 Å². The molecule has 0 amide bonds. The molecule has 1 heterocycles. The lowest BCUT2D eigenvalue weighted by molar-refractivity contribution is 0.0685. The van der Waals surface area contributed by atoms with Crippen molar-refractivity contribution < 1.29 is 9.90 Å². The van der Waals surface area contributed by atoms with Crippen molar-refractivity contribution in [1.82, 2.24) is 9.78 Å². The van der Waals surface area contributed by atoms with Gasteiger partial charge in [-0.05, 0) is 19.1 Å². The van der Waals surface area contributed by atoms with Crippen LogP contribution in [-0.4, -0.2) is 20.9 Å². The molecule has 16 heavy (non-hydrogen) atoms. The molecule has 0 spiro atoms. The maximum atomic E-state index is 10.9. The average Bonchev–Trinajstić information content (AvgIpc) is 2.60. The number of hydrogen-bond acceptors (Lipinski definition) is 2. The molecule has 1 N–H and O–H groups in total. The number of rotatable bonds is 2. The quantitative estimate of drug-likeness (QED) is 0.836. The second kappa shape index (κ2) is 3.81. The van der Waals surface area contributed by atoms with Gasteiger partial charge in [0.15, 0.2) is 0 Å². The zero-order valence-electron chi connectivity index (χ0n) is 9.14. The van der Waals surface area contributed by atoms with Gasteiger partial charge >= 0.3 is 5.97 Å². The first-order chi connectivity index (χ1) is 7.58. The van der Waals surface area contributed by atoms with E-state index in [1.807, 2.05) is 31.2 Å². The molecule has 0 saturated carbocycles. The summed E-state index contributed by atoms with van der Waals surface area (Å²) < 4.78 is 1.38. The molecular formula is C12H12N2O2. The van der Waals surface area contributed by atoms with E-state index in [1.165, 1.54) is 4.68 Å². The largest absolute Gasteiger partial charge is 0.477 e. The highest BCUT2D eigenvalue weighted by Crippen LogP contribution is 2.19. The summed E-state index contributed by atoms with van der Waals surface area (Å²) in [6, 6.07) is 9.40. The van der Waals surface area contributed by atoms with Gasteiger partial charge in [0.1, 0.15) is 5.69 Å². The lowest BCUT2D eigenvalue weighted by atomic mass is 10.1. The summed E-state index contributed by atoms with van der Waals surface area (Å²) in [7, 11) is 1.63. The van der Waals surface area contributed by atoms with Crippen LogP contribution in [0.4, 0.5) is 0 Å². The number of aryl methyl sites for hydroxylation is 2. The van der Waals surface area contributed by atoms with Crippen LogP contribution in [-0.2, 0) is 7.05 Å². The molecule has 82 valence electrons. The van der Waals surface area contributed by atoms with Crippen LogP contribution >= 0.6 is 0 Å². The van der Waals surface area contributed by atoms with E-state index in [9.17, 15) is 4.79 Å². The molecule has 2 rings (SSSR count). The zero-order chi connectivity index (χ0) is 11.7. The van der Waals surface area contributed by atoms with Crippen molar-refractivity contribution in [3.05, 3.63) is 41.6 Å². The Bertz CT molecular complexity index is 544. The Kier molecular flexibility index (Phi) is 2.48. The molecule has 0 fully saturated rings. The summed E-state index contributed by atoms with van der Waals surface area (Å²) in [6.45, 7) is 1.99. The van der Waals surface area contributed by atoms with Gasteiger partial charge in [-0.2, -0.15) is 5.10 Å². The summed E-state index contributed by atoms with van der Waals surface area (Å²) >= 11 is 0. The van der Waals surface area contributed by atoms with E-state index in [4.69, 9.17) is 5.11 Å². The molecule has 0 atom stereocenters. The summed E-state index contributed by atoms with van der Waals surface area (Å²) in [6.07, 6.45) is 0. The molecule has 0 unspecified atom stereocenters. The molecule has 0 aliphatic heterocycles. The van der Waals surface area contributed by atoms with Crippen LogP contribution in [0, 0.1) is 6.92 Å². The molecule has 1 aromatic heterocycles. The van der Waals surface area contributed by atoms with E-state index in [-0.39, 0.29) is 5.69 Å². The first-order valence-corrected chi connectivity index (χ1v) is 4.92. The average molecular weight is 216 g/mol. The number of carboxylic acid groups (broad SMARTS) is 1. The van der Waals surface area contributed by atoms with Crippen molar-refractivity contribution in [2.24, 2.45) is 7.05 Å². The first-order valence-electron chi connectivity index (χ1n) is 4.92. The Labute approximate surface area is 93.1 Å². The molecule has 0 radical (unpaired) electrons. The molecule has 4 nitrogen and oxygen atoms in total. The highest BCUT2D eigenvalue weighted by molar-refractivity contribution is 5.87. The number of hydrogen-bond donors (Lipinski definition) is 1. The number of nitrogens with zero attached hydrogens (tertiary/aromatic N) is 2. The number of aromatic carboxylic acids is 1. The van der Waals surface area contributed by atoms with E-state index >= 15 is 0 Å². The fourth-order valence-electron chi connectivity index (χ4n) is 1.61. The van der Waals surface area contributed by atoms with Crippen molar-refractivity contribution in [2.45, 2.75) is 6.92 Å². The highest BCUT2D eigenvalue weighted by atomic mass is 16.4. The predicted octanol–water partition coefficient (Wildman–Crippen LogP) is 2.09. The normalized spacial score (nSPS) is 10.4. The standard InChI is InChI=1S/C12H12N2O2/c1-8-4-3-5-9(6-8)10-7-11(12(15)16)14(2)13-10/h3-7H,1-2H3,(H,15,16). The summed E-state index contributed by atoms with van der Waals surface area (Å²) in [4.78, 5) is 10.9. The van der Waals surface area contributed by atoms with Gasteiger partial charge in [-0.3, -0.25) is 4.68 Å². The number of benzene rings is 1. The Morgan fingerprint density at radius 1 is 1.38 bits per heavy atom. The van der Waals surface area contributed by atoms with Gasteiger partial charge < -0.3 is 5.11 Å². The molecule has 0 aliphatic carbocycles. The summed E-state index contributed by atoms with van der Waals surface area (Å²) in [5.74, 6) is -0.964.